The first-order valence-corrected chi connectivity index (χ1v) is 8.11. The van der Waals surface area contributed by atoms with Gasteiger partial charge < -0.3 is 9.47 Å². The van der Waals surface area contributed by atoms with Crippen molar-refractivity contribution in [3.63, 3.8) is 0 Å². The van der Waals surface area contributed by atoms with E-state index in [4.69, 9.17) is 21.1 Å². The molecule has 2 aliphatic rings. The van der Waals surface area contributed by atoms with Crippen LogP contribution in [-0.2, 0) is 19.9 Å². The lowest BCUT2D eigenvalue weighted by Gasteiger charge is -2.32. The third-order valence-corrected chi connectivity index (χ3v) is 4.86. The van der Waals surface area contributed by atoms with Crippen LogP contribution in [0.25, 0.3) is 0 Å². The molecule has 0 spiro atoms. The first-order valence-electron chi connectivity index (χ1n) is 7.73. The van der Waals surface area contributed by atoms with E-state index in [9.17, 15) is 4.79 Å². The number of halogens is 1. The standard InChI is InChI=1S/C16H21ClN2O3/c1-4-16(21-3)13-11(17)9-10(2)18-14(13)19(15(16)20)12-7-5-6-8-22-12/h9,12H,4-8H2,1-3H3. The van der Waals surface area contributed by atoms with Gasteiger partial charge in [0.25, 0.3) is 5.91 Å². The summed E-state index contributed by atoms with van der Waals surface area (Å²) >= 11 is 6.45. The number of carbonyl (C=O) groups is 1. The first-order chi connectivity index (χ1) is 10.5. The van der Waals surface area contributed by atoms with E-state index in [0.29, 0.717) is 29.4 Å². The van der Waals surface area contributed by atoms with Gasteiger partial charge in [-0.05, 0) is 38.7 Å². The van der Waals surface area contributed by atoms with Crippen LogP contribution in [0.15, 0.2) is 6.07 Å². The Hall–Kier alpha value is -1.17. The molecule has 22 heavy (non-hydrogen) atoms. The molecule has 120 valence electrons. The van der Waals surface area contributed by atoms with Gasteiger partial charge in [0, 0.05) is 19.4 Å². The molecule has 0 aliphatic carbocycles. The summed E-state index contributed by atoms with van der Waals surface area (Å²) in [5.74, 6) is 0.463. The quantitative estimate of drug-likeness (QED) is 0.857. The van der Waals surface area contributed by atoms with Crippen LogP contribution in [0.3, 0.4) is 0 Å². The Kier molecular flexibility index (Phi) is 4.14. The Morgan fingerprint density at radius 1 is 1.55 bits per heavy atom. The third kappa shape index (κ3) is 2.14. The van der Waals surface area contributed by atoms with Gasteiger partial charge in [-0.2, -0.15) is 0 Å². The highest BCUT2D eigenvalue weighted by atomic mass is 35.5. The van der Waals surface area contributed by atoms with Gasteiger partial charge in [-0.3, -0.25) is 9.69 Å². The minimum atomic E-state index is -1.06. The number of hydrogen-bond acceptors (Lipinski definition) is 4. The van der Waals surface area contributed by atoms with E-state index >= 15 is 0 Å². The molecule has 3 heterocycles. The van der Waals surface area contributed by atoms with Crippen molar-refractivity contribution in [2.75, 3.05) is 18.6 Å². The Morgan fingerprint density at radius 2 is 2.32 bits per heavy atom. The normalized spacial score (nSPS) is 28.1. The predicted octanol–water partition coefficient (Wildman–Crippen LogP) is 3.17. The van der Waals surface area contributed by atoms with Gasteiger partial charge in [0.1, 0.15) is 12.0 Å². The molecule has 3 rings (SSSR count). The van der Waals surface area contributed by atoms with E-state index < -0.39 is 5.60 Å². The molecule has 1 amide bonds. The van der Waals surface area contributed by atoms with Gasteiger partial charge in [-0.25, -0.2) is 4.98 Å². The van der Waals surface area contributed by atoms with Crippen molar-refractivity contribution in [2.45, 2.75) is 51.4 Å². The lowest BCUT2D eigenvalue weighted by atomic mass is 9.93. The number of anilines is 1. The molecule has 0 saturated carbocycles. The zero-order chi connectivity index (χ0) is 15.9. The number of pyridine rings is 1. The molecule has 2 aliphatic heterocycles. The number of aryl methyl sites for hydroxylation is 1. The highest BCUT2D eigenvalue weighted by Gasteiger charge is 2.55. The number of aromatic nitrogens is 1. The fourth-order valence-corrected chi connectivity index (χ4v) is 3.81. The summed E-state index contributed by atoms with van der Waals surface area (Å²) in [5.41, 5.74) is 0.387. The molecule has 0 bridgehead atoms. The summed E-state index contributed by atoms with van der Waals surface area (Å²) in [6.45, 7) is 4.46. The Balaban J connectivity index is 2.16. The van der Waals surface area contributed by atoms with Crippen LogP contribution in [0, 0.1) is 6.92 Å². The minimum absolute atomic E-state index is 0.126. The van der Waals surface area contributed by atoms with Crippen LogP contribution in [0.1, 0.15) is 43.9 Å². The molecule has 2 unspecified atom stereocenters. The second kappa shape index (κ2) is 5.80. The van der Waals surface area contributed by atoms with Crippen LogP contribution in [-0.4, -0.2) is 30.8 Å². The van der Waals surface area contributed by atoms with Gasteiger partial charge in [0.15, 0.2) is 5.60 Å². The maximum atomic E-state index is 13.1. The zero-order valence-electron chi connectivity index (χ0n) is 13.2. The highest BCUT2D eigenvalue weighted by Crippen LogP contribution is 2.48. The van der Waals surface area contributed by atoms with Crippen molar-refractivity contribution in [3.8, 4) is 0 Å². The molecule has 2 atom stereocenters. The number of rotatable bonds is 3. The first kappa shape index (κ1) is 15.7. The van der Waals surface area contributed by atoms with Crippen molar-refractivity contribution < 1.29 is 14.3 Å². The maximum Gasteiger partial charge on any atom is 0.267 e. The molecule has 0 radical (unpaired) electrons. The molecule has 0 aromatic carbocycles. The molecule has 1 aromatic heterocycles. The van der Waals surface area contributed by atoms with E-state index in [1.807, 2.05) is 13.8 Å². The van der Waals surface area contributed by atoms with Gasteiger partial charge in [0.2, 0.25) is 0 Å². The second-order valence-corrected chi connectivity index (χ2v) is 6.23. The topological polar surface area (TPSA) is 51.7 Å². The second-order valence-electron chi connectivity index (χ2n) is 5.83. The van der Waals surface area contributed by atoms with Crippen LogP contribution < -0.4 is 4.90 Å². The Morgan fingerprint density at radius 3 is 2.91 bits per heavy atom. The summed E-state index contributed by atoms with van der Waals surface area (Å²) in [4.78, 5) is 19.4. The number of amides is 1. The zero-order valence-corrected chi connectivity index (χ0v) is 13.9. The van der Waals surface area contributed by atoms with Crippen LogP contribution in [0.4, 0.5) is 5.82 Å². The van der Waals surface area contributed by atoms with Crippen molar-refractivity contribution >= 4 is 23.3 Å². The molecule has 1 saturated heterocycles. The summed E-state index contributed by atoms with van der Waals surface area (Å²) in [5, 5.41) is 0.526. The van der Waals surface area contributed by atoms with Crippen LogP contribution in [0.5, 0.6) is 0 Å². The monoisotopic (exact) mass is 324 g/mol. The minimum Gasteiger partial charge on any atom is -0.363 e. The van der Waals surface area contributed by atoms with Gasteiger partial charge in [-0.1, -0.05) is 18.5 Å². The summed E-state index contributed by atoms with van der Waals surface area (Å²) in [7, 11) is 1.55. The largest absolute Gasteiger partial charge is 0.363 e. The van der Waals surface area contributed by atoms with Crippen molar-refractivity contribution in [1.82, 2.24) is 4.98 Å². The average molecular weight is 325 g/mol. The van der Waals surface area contributed by atoms with Crippen LogP contribution in [0.2, 0.25) is 5.02 Å². The maximum absolute atomic E-state index is 13.1. The lowest BCUT2D eigenvalue weighted by molar-refractivity contribution is -0.143. The fraction of sp³-hybridized carbons (Fsp3) is 0.625. The molecule has 1 fully saturated rings. The van der Waals surface area contributed by atoms with E-state index in [-0.39, 0.29) is 12.1 Å². The summed E-state index contributed by atoms with van der Waals surface area (Å²) in [6.07, 6.45) is 3.09. The molecular weight excluding hydrogens is 304 g/mol. The van der Waals surface area contributed by atoms with Crippen LogP contribution >= 0.6 is 11.6 Å². The predicted molar refractivity (Wildman–Crippen MR) is 84.0 cm³/mol. The summed E-state index contributed by atoms with van der Waals surface area (Å²) < 4.78 is 11.5. The molecule has 5 nitrogen and oxygen atoms in total. The molecule has 1 aromatic rings. The average Bonchev–Trinajstić information content (AvgIpc) is 2.76. The summed E-state index contributed by atoms with van der Waals surface area (Å²) in [6, 6.07) is 1.78. The number of ether oxygens (including phenoxy) is 2. The lowest BCUT2D eigenvalue weighted by Crippen LogP contribution is -2.48. The molecule has 0 N–H and O–H groups in total. The Labute approximate surface area is 135 Å². The van der Waals surface area contributed by atoms with Crippen molar-refractivity contribution in [2.24, 2.45) is 0 Å². The number of fused-ring (bicyclic) bond motifs is 1. The van der Waals surface area contributed by atoms with E-state index in [2.05, 4.69) is 4.98 Å². The van der Waals surface area contributed by atoms with Gasteiger partial charge >= 0.3 is 0 Å². The third-order valence-electron chi connectivity index (χ3n) is 4.57. The van der Waals surface area contributed by atoms with Crippen molar-refractivity contribution in [3.05, 3.63) is 22.3 Å². The van der Waals surface area contributed by atoms with Gasteiger partial charge in [-0.15, -0.1) is 0 Å². The number of hydrogen-bond donors (Lipinski definition) is 0. The van der Waals surface area contributed by atoms with E-state index in [1.165, 1.54) is 0 Å². The van der Waals surface area contributed by atoms with E-state index in [0.717, 1.165) is 25.0 Å². The fourth-order valence-electron chi connectivity index (χ4n) is 3.42. The molecule has 6 heteroatoms. The number of methoxy groups -OCH3 is 1. The highest BCUT2D eigenvalue weighted by molar-refractivity contribution is 6.33. The smallest absolute Gasteiger partial charge is 0.267 e. The Bertz CT molecular complexity index is 595. The van der Waals surface area contributed by atoms with E-state index in [1.54, 1.807) is 18.1 Å². The molecular formula is C16H21ClN2O3. The number of carbonyl (C=O) groups excluding carboxylic acids is 1. The SMILES string of the molecule is CCC1(OC)C(=O)N(C2CCCCO2)c2nc(C)cc(Cl)c21. The van der Waals surface area contributed by atoms with Crippen molar-refractivity contribution in [1.29, 1.82) is 0 Å². The number of nitrogens with zero attached hydrogens (tertiary/aromatic N) is 2. The van der Waals surface area contributed by atoms with Gasteiger partial charge in [0.05, 0.1) is 10.6 Å².